The number of nitrogens with one attached hydrogen (secondary N) is 1. The number of nitrogens with zero attached hydrogens (tertiary/aromatic N) is 3. The molecular weight excluding hydrogens is 343 g/mol. The van der Waals surface area contributed by atoms with E-state index in [2.05, 4.69) is 21.3 Å². The molecule has 2 amide bonds. The summed E-state index contributed by atoms with van der Waals surface area (Å²) in [5.41, 5.74) is 3.28. The first-order chi connectivity index (χ1) is 13.2. The summed E-state index contributed by atoms with van der Waals surface area (Å²) in [4.78, 5) is 21.1. The van der Waals surface area contributed by atoms with Crippen LogP contribution in [0.2, 0.25) is 0 Å². The molecule has 1 unspecified atom stereocenters. The first kappa shape index (κ1) is 17.9. The van der Waals surface area contributed by atoms with Crippen LogP contribution < -0.4 is 5.32 Å². The van der Waals surface area contributed by atoms with E-state index in [0.717, 1.165) is 63.1 Å². The number of halogens is 1. The van der Waals surface area contributed by atoms with Gasteiger partial charge in [-0.25, -0.2) is 9.18 Å². The largest absolute Gasteiger partial charge is 0.331 e. The second-order valence-electron chi connectivity index (χ2n) is 7.36. The van der Waals surface area contributed by atoms with Crippen LogP contribution in [-0.2, 0) is 13.0 Å². The lowest BCUT2D eigenvalue weighted by Gasteiger charge is -2.36. The highest BCUT2D eigenvalue weighted by molar-refractivity contribution is 5.75. The summed E-state index contributed by atoms with van der Waals surface area (Å²) >= 11 is 0. The molecule has 1 saturated heterocycles. The number of carbonyl (C=O) groups is 1. The molecule has 0 spiro atoms. The van der Waals surface area contributed by atoms with Gasteiger partial charge in [0.2, 0.25) is 0 Å². The van der Waals surface area contributed by atoms with Crippen LogP contribution in [0.4, 0.5) is 9.18 Å². The molecule has 2 heterocycles. The Morgan fingerprint density at radius 1 is 1.22 bits per heavy atom. The van der Waals surface area contributed by atoms with Crippen molar-refractivity contribution in [1.29, 1.82) is 0 Å². The van der Waals surface area contributed by atoms with Crippen LogP contribution in [0.3, 0.4) is 0 Å². The molecule has 5 nitrogen and oxygen atoms in total. The molecule has 4 rings (SSSR count). The van der Waals surface area contributed by atoms with Gasteiger partial charge in [-0.3, -0.25) is 9.88 Å². The lowest BCUT2D eigenvalue weighted by Crippen LogP contribution is -2.52. The molecular formula is C21H25FN4O. The quantitative estimate of drug-likeness (QED) is 0.906. The Labute approximate surface area is 159 Å². The predicted molar refractivity (Wildman–Crippen MR) is 102 cm³/mol. The normalized spacial score (nSPS) is 20.2. The van der Waals surface area contributed by atoms with Crippen molar-refractivity contribution in [1.82, 2.24) is 20.1 Å². The van der Waals surface area contributed by atoms with Gasteiger partial charge < -0.3 is 10.2 Å². The molecule has 1 aromatic carbocycles. The highest BCUT2D eigenvalue weighted by atomic mass is 19.1. The number of rotatable bonds is 3. The number of hydrogen-bond acceptors (Lipinski definition) is 3. The van der Waals surface area contributed by atoms with Gasteiger partial charge >= 0.3 is 6.03 Å². The lowest BCUT2D eigenvalue weighted by molar-refractivity contribution is 0.132. The lowest BCUT2D eigenvalue weighted by atomic mass is 9.87. The SMILES string of the molecule is O=C(NC1CCCc2cc(F)ccc21)N1CCN(Cc2cccnc2)CC1. The maximum absolute atomic E-state index is 13.5. The van der Waals surface area contributed by atoms with Crippen molar-refractivity contribution in [2.75, 3.05) is 26.2 Å². The van der Waals surface area contributed by atoms with Crippen LogP contribution in [-0.4, -0.2) is 47.0 Å². The molecule has 0 radical (unpaired) electrons. The Morgan fingerprint density at radius 2 is 2.07 bits per heavy atom. The standard InChI is InChI=1S/C21H25FN4O/c22-18-6-7-19-17(13-18)4-1-5-20(19)24-21(27)26-11-9-25(10-12-26)15-16-3-2-8-23-14-16/h2-3,6-8,13-14,20H,1,4-5,9-12,15H2,(H,24,27). The zero-order valence-electron chi connectivity index (χ0n) is 15.4. The third kappa shape index (κ3) is 4.27. The minimum absolute atomic E-state index is 0.0156. The van der Waals surface area contributed by atoms with Crippen molar-refractivity contribution in [2.45, 2.75) is 31.8 Å². The smallest absolute Gasteiger partial charge is 0.317 e. The van der Waals surface area contributed by atoms with E-state index < -0.39 is 0 Å². The maximum Gasteiger partial charge on any atom is 0.317 e. The Hall–Kier alpha value is -2.47. The number of aromatic nitrogens is 1. The molecule has 2 aliphatic rings. The highest BCUT2D eigenvalue weighted by Gasteiger charge is 2.26. The summed E-state index contributed by atoms with van der Waals surface area (Å²) in [6, 6.07) is 8.91. The first-order valence-electron chi connectivity index (χ1n) is 9.64. The average molecular weight is 368 g/mol. The number of hydrogen-bond donors (Lipinski definition) is 1. The Kier molecular flexibility index (Phi) is 5.34. The van der Waals surface area contributed by atoms with Gasteiger partial charge in [0.1, 0.15) is 5.82 Å². The molecule has 27 heavy (non-hydrogen) atoms. The third-order valence-corrected chi connectivity index (χ3v) is 5.51. The van der Waals surface area contributed by atoms with Crippen molar-refractivity contribution in [3.8, 4) is 0 Å². The molecule has 1 N–H and O–H groups in total. The van der Waals surface area contributed by atoms with Gasteiger partial charge in [-0.05, 0) is 54.2 Å². The van der Waals surface area contributed by atoms with Gasteiger partial charge in [-0.1, -0.05) is 12.1 Å². The summed E-state index contributed by atoms with van der Waals surface area (Å²) in [5, 5.41) is 3.16. The Morgan fingerprint density at radius 3 is 2.85 bits per heavy atom. The number of aryl methyl sites for hydroxylation is 1. The molecule has 1 aromatic heterocycles. The molecule has 1 fully saturated rings. The van der Waals surface area contributed by atoms with Crippen LogP contribution in [0.25, 0.3) is 0 Å². The fourth-order valence-electron chi connectivity index (χ4n) is 4.03. The maximum atomic E-state index is 13.5. The average Bonchev–Trinajstić information content (AvgIpc) is 2.69. The van der Waals surface area contributed by atoms with Crippen molar-refractivity contribution in [3.63, 3.8) is 0 Å². The van der Waals surface area contributed by atoms with Crippen LogP contribution in [0.5, 0.6) is 0 Å². The van der Waals surface area contributed by atoms with E-state index in [0.29, 0.717) is 0 Å². The number of benzene rings is 1. The third-order valence-electron chi connectivity index (χ3n) is 5.51. The molecule has 1 aliphatic heterocycles. The van der Waals surface area contributed by atoms with Crippen molar-refractivity contribution in [2.24, 2.45) is 0 Å². The van der Waals surface area contributed by atoms with E-state index in [1.165, 1.54) is 11.6 Å². The number of urea groups is 1. The van der Waals surface area contributed by atoms with E-state index in [9.17, 15) is 9.18 Å². The minimum Gasteiger partial charge on any atom is -0.331 e. The molecule has 6 heteroatoms. The topological polar surface area (TPSA) is 48.5 Å². The summed E-state index contributed by atoms with van der Waals surface area (Å²) in [6.45, 7) is 4.01. The van der Waals surface area contributed by atoms with Gasteiger partial charge in [0.15, 0.2) is 0 Å². The summed E-state index contributed by atoms with van der Waals surface area (Å²) in [5.74, 6) is -0.203. The second kappa shape index (κ2) is 8.05. The van der Waals surface area contributed by atoms with E-state index in [-0.39, 0.29) is 17.9 Å². The van der Waals surface area contributed by atoms with Gasteiger partial charge in [-0.15, -0.1) is 0 Å². The first-order valence-corrected chi connectivity index (χ1v) is 9.64. The Bertz CT molecular complexity index is 790. The molecule has 1 aliphatic carbocycles. The van der Waals surface area contributed by atoms with Gasteiger partial charge in [0, 0.05) is 45.1 Å². The van der Waals surface area contributed by atoms with Gasteiger partial charge in [-0.2, -0.15) is 0 Å². The van der Waals surface area contributed by atoms with Crippen molar-refractivity contribution in [3.05, 3.63) is 65.2 Å². The van der Waals surface area contributed by atoms with E-state index in [1.807, 2.05) is 23.2 Å². The predicted octanol–water partition coefficient (Wildman–Crippen LogP) is 3.13. The van der Waals surface area contributed by atoms with Crippen LogP contribution >= 0.6 is 0 Å². The fraction of sp³-hybridized carbons (Fsp3) is 0.429. The number of carbonyl (C=O) groups excluding carboxylic acids is 1. The highest BCUT2D eigenvalue weighted by Crippen LogP contribution is 2.30. The number of fused-ring (bicyclic) bond motifs is 1. The van der Waals surface area contributed by atoms with E-state index in [1.54, 1.807) is 12.3 Å². The fourth-order valence-corrected chi connectivity index (χ4v) is 4.03. The van der Waals surface area contributed by atoms with E-state index in [4.69, 9.17) is 0 Å². The molecule has 0 saturated carbocycles. The van der Waals surface area contributed by atoms with Crippen molar-refractivity contribution >= 4 is 6.03 Å². The summed E-state index contributed by atoms with van der Waals surface area (Å²) in [6.07, 6.45) is 6.43. The number of piperazine rings is 1. The monoisotopic (exact) mass is 368 g/mol. The zero-order chi connectivity index (χ0) is 18.6. The zero-order valence-corrected chi connectivity index (χ0v) is 15.4. The molecule has 2 aromatic rings. The van der Waals surface area contributed by atoms with Crippen molar-refractivity contribution < 1.29 is 9.18 Å². The molecule has 0 bridgehead atoms. The van der Waals surface area contributed by atoms with Crippen LogP contribution in [0.15, 0.2) is 42.7 Å². The number of pyridine rings is 1. The molecule has 142 valence electrons. The van der Waals surface area contributed by atoms with Crippen LogP contribution in [0.1, 0.15) is 35.6 Å². The van der Waals surface area contributed by atoms with E-state index >= 15 is 0 Å². The summed E-state index contributed by atoms with van der Waals surface area (Å²) in [7, 11) is 0. The second-order valence-corrected chi connectivity index (χ2v) is 7.36. The summed E-state index contributed by atoms with van der Waals surface area (Å²) < 4.78 is 13.5. The Balaban J connectivity index is 1.32. The number of amides is 2. The van der Waals surface area contributed by atoms with Gasteiger partial charge in [0.05, 0.1) is 6.04 Å². The van der Waals surface area contributed by atoms with Gasteiger partial charge in [0.25, 0.3) is 0 Å². The minimum atomic E-state index is -0.203. The van der Waals surface area contributed by atoms with Crippen LogP contribution in [0, 0.1) is 5.82 Å². The molecule has 1 atom stereocenters.